The van der Waals surface area contributed by atoms with Gasteiger partial charge in [0.05, 0.1) is 23.4 Å². The number of rotatable bonds is 4. The summed E-state index contributed by atoms with van der Waals surface area (Å²) in [5.41, 5.74) is 2.19. The molecule has 0 saturated carbocycles. The maximum atomic E-state index is 4.51. The van der Waals surface area contributed by atoms with E-state index in [0.29, 0.717) is 13.1 Å². The molecule has 70 valence electrons. The first-order valence-corrected chi connectivity index (χ1v) is 4.84. The lowest BCUT2D eigenvalue weighted by Crippen LogP contribution is -1.90. The van der Waals surface area contributed by atoms with Gasteiger partial charge in [-0.05, 0) is 35.6 Å². The van der Waals surface area contributed by atoms with E-state index in [0.717, 1.165) is 11.1 Å². The highest BCUT2D eigenvalue weighted by Gasteiger charge is 1.98. The third-order valence-corrected chi connectivity index (χ3v) is 2.00. The highest BCUT2D eigenvalue weighted by Crippen LogP contribution is 2.10. The van der Waals surface area contributed by atoms with Crippen molar-refractivity contribution in [2.75, 3.05) is 0 Å². The molecule has 1 aromatic carbocycles. The number of benzene rings is 1. The van der Waals surface area contributed by atoms with E-state index in [1.54, 1.807) is 0 Å². The van der Waals surface area contributed by atoms with E-state index in [1.807, 2.05) is 24.3 Å². The fourth-order valence-electron chi connectivity index (χ4n) is 1.10. The SMILES string of the molecule is S=C=NCc1ccccc1CN=C=S. The second kappa shape index (κ2) is 6.30. The Morgan fingerprint density at radius 1 is 0.929 bits per heavy atom. The third kappa shape index (κ3) is 3.29. The first kappa shape index (κ1) is 10.9. The van der Waals surface area contributed by atoms with Gasteiger partial charge in [0.2, 0.25) is 0 Å². The fourth-order valence-corrected chi connectivity index (χ4v) is 1.23. The van der Waals surface area contributed by atoms with Crippen LogP contribution in [0.2, 0.25) is 0 Å². The van der Waals surface area contributed by atoms with Gasteiger partial charge in [0.1, 0.15) is 0 Å². The minimum Gasteiger partial charge on any atom is -0.228 e. The van der Waals surface area contributed by atoms with Gasteiger partial charge in [-0.2, -0.15) is 0 Å². The van der Waals surface area contributed by atoms with Crippen molar-refractivity contribution in [2.45, 2.75) is 13.1 Å². The number of hydrogen-bond acceptors (Lipinski definition) is 4. The average molecular weight is 220 g/mol. The summed E-state index contributed by atoms with van der Waals surface area (Å²) in [5.74, 6) is 0. The van der Waals surface area contributed by atoms with Crippen LogP contribution in [-0.4, -0.2) is 10.3 Å². The smallest absolute Gasteiger partial charge is 0.0746 e. The molecular formula is C10H8N2S2. The number of hydrogen-bond donors (Lipinski definition) is 0. The Morgan fingerprint density at radius 2 is 1.36 bits per heavy atom. The predicted octanol–water partition coefficient (Wildman–Crippen LogP) is 2.89. The minimum absolute atomic E-state index is 0.548. The quantitative estimate of drug-likeness (QED) is 0.575. The van der Waals surface area contributed by atoms with Crippen LogP contribution in [0.1, 0.15) is 11.1 Å². The van der Waals surface area contributed by atoms with Gasteiger partial charge in [0, 0.05) is 0 Å². The van der Waals surface area contributed by atoms with Crippen molar-refractivity contribution >= 4 is 34.8 Å². The molecule has 0 aromatic heterocycles. The number of thiocarbonyl (C=S) groups is 2. The van der Waals surface area contributed by atoms with Gasteiger partial charge in [0.15, 0.2) is 0 Å². The van der Waals surface area contributed by atoms with Gasteiger partial charge in [-0.15, -0.1) is 0 Å². The Balaban J connectivity index is 2.89. The summed E-state index contributed by atoms with van der Waals surface area (Å²) in [6, 6.07) is 7.90. The van der Waals surface area contributed by atoms with Crippen molar-refractivity contribution in [2.24, 2.45) is 9.98 Å². The molecule has 0 heterocycles. The van der Waals surface area contributed by atoms with Crippen molar-refractivity contribution in [1.82, 2.24) is 0 Å². The van der Waals surface area contributed by atoms with Gasteiger partial charge < -0.3 is 0 Å². The lowest BCUT2D eigenvalue weighted by Gasteiger charge is -2.02. The molecule has 0 amide bonds. The Labute approximate surface area is 93.4 Å². The molecule has 0 fully saturated rings. The Hall–Kier alpha value is -1.18. The summed E-state index contributed by atoms with van der Waals surface area (Å²) in [6.07, 6.45) is 0. The molecule has 1 rings (SSSR count). The standard InChI is InChI=1S/C10H8N2S2/c13-7-11-5-9-3-1-2-4-10(9)6-12-8-14/h1-4H,5-6H2. The molecule has 0 radical (unpaired) electrons. The van der Waals surface area contributed by atoms with Crippen LogP contribution in [0, 0.1) is 0 Å². The number of aliphatic imine (C=N–C) groups is 2. The highest BCUT2D eigenvalue weighted by atomic mass is 32.1. The van der Waals surface area contributed by atoms with E-state index in [-0.39, 0.29) is 0 Å². The van der Waals surface area contributed by atoms with Crippen LogP contribution in [0.4, 0.5) is 0 Å². The summed E-state index contributed by atoms with van der Waals surface area (Å²) in [7, 11) is 0. The van der Waals surface area contributed by atoms with Crippen LogP contribution in [-0.2, 0) is 13.1 Å². The van der Waals surface area contributed by atoms with Gasteiger partial charge >= 0.3 is 0 Å². The van der Waals surface area contributed by atoms with Crippen molar-refractivity contribution in [1.29, 1.82) is 0 Å². The molecule has 0 atom stereocenters. The largest absolute Gasteiger partial charge is 0.228 e. The highest BCUT2D eigenvalue weighted by molar-refractivity contribution is 7.78. The van der Waals surface area contributed by atoms with Crippen molar-refractivity contribution in [3.63, 3.8) is 0 Å². The molecule has 0 N–H and O–H groups in total. The zero-order chi connectivity index (χ0) is 10.2. The molecule has 0 aliphatic carbocycles. The zero-order valence-corrected chi connectivity index (χ0v) is 9.07. The van der Waals surface area contributed by atoms with Gasteiger partial charge in [0.25, 0.3) is 0 Å². The monoisotopic (exact) mass is 220 g/mol. The fraction of sp³-hybridized carbons (Fsp3) is 0.200. The maximum Gasteiger partial charge on any atom is 0.0746 e. The Kier molecular flexibility index (Phi) is 4.90. The first-order valence-electron chi connectivity index (χ1n) is 4.02. The second-order valence-corrected chi connectivity index (χ2v) is 2.95. The average Bonchev–Trinajstić information content (AvgIpc) is 2.24. The molecule has 4 heteroatoms. The predicted molar refractivity (Wildman–Crippen MR) is 63.9 cm³/mol. The molecule has 0 spiro atoms. The lowest BCUT2D eigenvalue weighted by molar-refractivity contribution is 0.990. The summed E-state index contributed by atoms with van der Waals surface area (Å²) in [6.45, 7) is 1.10. The molecule has 0 unspecified atom stereocenters. The van der Waals surface area contributed by atoms with Gasteiger partial charge in [-0.1, -0.05) is 24.3 Å². The molecule has 0 saturated heterocycles. The van der Waals surface area contributed by atoms with E-state index < -0.39 is 0 Å². The van der Waals surface area contributed by atoms with Crippen molar-refractivity contribution < 1.29 is 0 Å². The van der Waals surface area contributed by atoms with Crippen LogP contribution < -0.4 is 0 Å². The summed E-state index contributed by atoms with van der Waals surface area (Å²) < 4.78 is 0. The number of nitrogens with zero attached hydrogens (tertiary/aromatic N) is 2. The van der Waals surface area contributed by atoms with Crippen molar-refractivity contribution in [3.8, 4) is 0 Å². The van der Waals surface area contributed by atoms with E-state index in [9.17, 15) is 0 Å². The Morgan fingerprint density at radius 3 is 1.71 bits per heavy atom. The minimum atomic E-state index is 0.548. The zero-order valence-electron chi connectivity index (χ0n) is 7.43. The molecule has 0 aliphatic heterocycles. The third-order valence-electron chi connectivity index (χ3n) is 1.75. The Bertz CT molecular complexity index is 363. The summed E-state index contributed by atoms with van der Waals surface area (Å²) >= 11 is 9.03. The van der Waals surface area contributed by atoms with E-state index in [2.05, 4.69) is 44.7 Å². The maximum absolute atomic E-state index is 4.51. The van der Waals surface area contributed by atoms with Gasteiger partial charge in [-0.25, -0.2) is 9.98 Å². The van der Waals surface area contributed by atoms with Crippen LogP contribution in [0.5, 0.6) is 0 Å². The molecule has 14 heavy (non-hydrogen) atoms. The molecular weight excluding hydrogens is 212 g/mol. The topological polar surface area (TPSA) is 24.7 Å². The molecule has 1 aromatic rings. The van der Waals surface area contributed by atoms with Crippen LogP contribution in [0.3, 0.4) is 0 Å². The number of isothiocyanates is 2. The van der Waals surface area contributed by atoms with Gasteiger partial charge in [-0.3, -0.25) is 0 Å². The van der Waals surface area contributed by atoms with Crippen LogP contribution >= 0.6 is 24.4 Å². The van der Waals surface area contributed by atoms with E-state index >= 15 is 0 Å². The van der Waals surface area contributed by atoms with E-state index in [4.69, 9.17) is 0 Å². The van der Waals surface area contributed by atoms with Crippen LogP contribution in [0.25, 0.3) is 0 Å². The van der Waals surface area contributed by atoms with Crippen LogP contribution in [0.15, 0.2) is 34.3 Å². The molecule has 0 aliphatic rings. The van der Waals surface area contributed by atoms with E-state index in [1.165, 1.54) is 0 Å². The normalized spacial score (nSPS) is 8.57. The summed E-state index contributed by atoms with van der Waals surface area (Å²) in [5, 5.41) is 4.68. The second-order valence-electron chi connectivity index (χ2n) is 2.58. The summed E-state index contributed by atoms with van der Waals surface area (Å²) in [4.78, 5) is 7.77. The van der Waals surface area contributed by atoms with Crippen molar-refractivity contribution in [3.05, 3.63) is 35.4 Å². The first-order chi connectivity index (χ1) is 6.88. The lowest BCUT2D eigenvalue weighted by atomic mass is 10.1. The molecule has 2 nitrogen and oxygen atoms in total. The molecule has 0 bridgehead atoms.